The molecule has 0 saturated heterocycles. The third-order valence-corrected chi connectivity index (χ3v) is 7.11. The Balaban J connectivity index is 1.55. The summed E-state index contributed by atoms with van der Waals surface area (Å²) in [5.74, 6) is -0.927. The molecule has 0 bridgehead atoms. The van der Waals surface area contributed by atoms with Crippen LogP contribution in [0.25, 0.3) is 10.6 Å². The summed E-state index contributed by atoms with van der Waals surface area (Å²) < 4.78 is 73.0. The number of rotatable bonds is 9. The van der Waals surface area contributed by atoms with E-state index in [0.717, 1.165) is 5.69 Å². The van der Waals surface area contributed by atoms with Crippen LogP contribution in [0, 0.1) is 6.92 Å². The number of ether oxygens (including phenoxy) is 2. The van der Waals surface area contributed by atoms with E-state index < -0.39 is 22.4 Å². The number of hydrogen-bond donors (Lipinski definition) is 1. The van der Waals surface area contributed by atoms with Crippen LogP contribution < -0.4 is 9.46 Å². The molecule has 12 heteroatoms. The van der Waals surface area contributed by atoms with Crippen LogP contribution in [0.1, 0.15) is 28.0 Å². The summed E-state index contributed by atoms with van der Waals surface area (Å²) in [5.41, 5.74) is 2.16. The van der Waals surface area contributed by atoms with Crippen LogP contribution in [0.3, 0.4) is 0 Å². The smallest absolute Gasteiger partial charge is 0.465 e. The van der Waals surface area contributed by atoms with Crippen molar-refractivity contribution in [2.24, 2.45) is 0 Å². The maximum Gasteiger partial charge on any atom is 0.573 e. The summed E-state index contributed by atoms with van der Waals surface area (Å²) in [4.78, 5) is 16.2. The molecule has 0 amide bonds. The minimum absolute atomic E-state index is 0.0348. The van der Waals surface area contributed by atoms with E-state index >= 15 is 0 Å². The molecule has 0 spiro atoms. The summed E-state index contributed by atoms with van der Waals surface area (Å²) >= 11 is 1.33. The number of alkyl halides is 3. The maximum absolute atomic E-state index is 12.6. The van der Waals surface area contributed by atoms with Gasteiger partial charge < -0.3 is 9.47 Å². The molecule has 7 nitrogen and oxygen atoms in total. The van der Waals surface area contributed by atoms with Gasteiger partial charge in [-0.05, 0) is 61.7 Å². The van der Waals surface area contributed by atoms with Crippen LogP contribution in [-0.4, -0.2) is 39.4 Å². The third-order valence-electron chi connectivity index (χ3n) is 4.71. The normalized spacial score (nSPS) is 11.9. The second-order valence-corrected chi connectivity index (χ2v) is 9.81. The van der Waals surface area contributed by atoms with Crippen molar-refractivity contribution in [3.05, 3.63) is 64.7 Å². The van der Waals surface area contributed by atoms with E-state index in [-0.39, 0.29) is 22.8 Å². The number of esters is 1. The van der Waals surface area contributed by atoms with Gasteiger partial charge in [-0.15, -0.1) is 24.5 Å². The summed E-state index contributed by atoms with van der Waals surface area (Å²) in [7, 11) is -2.59. The van der Waals surface area contributed by atoms with Crippen LogP contribution in [0.15, 0.2) is 52.7 Å². The first kappa shape index (κ1) is 25.7. The highest BCUT2D eigenvalue weighted by Crippen LogP contribution is 2.28. The zero-order valence-electron chi connectivity index (χ0n) is 18.2. The SMILES string of the molecule is COC(=O)c1cc(S(=O)(=O)NCCCc2csc(-c3ccc(OC(F)(F)F)cc3)n2)ccc1C. The molecule has 3 aromatic rings. The van der Waals surface area contributed by atoms with Gasteiger partial charge in [-0.1, -0.05) is 6.07 Å². The number of nitrogens with zero attached hydrogens (tertiary/aromatic N) is 1. The van der Waals surface area contributed by atoms with Gasteiger partial charge >= 0.3 is 12.3 Å². The Morgan fingerprint density at radius 3 is 2.50 bits per heavy atom. The van der Waals surface area contributed by atoms with Crippen LogP contribution in [-0.2, 0) is 21.2 Å². The lowest BCUT2D eigenvalue weighted by atomic mass is 10.1. The summed E-state index contributed by atoms with van der Waals surface area (Å²) in [5, 5.41) is 2.44. The van der Waals surface area contributed by atoms with Crippen molar-refractivity contribution >= 4 is 27.3 Å². The molecule has 0 radical (unpaired) electrons. The van der Waals surface area contributed by atoms with Gasteiger partial charge in [-0.25, -0.2) is 22.9 Å². The fraction of sp³-hybridized carbons (Fsp3) is 0.273. The fourth-order valence-electron chi connectivity index (χ4n) is 3.01. The Morgan fingerprint density at radius 2 is 1.85 bits per heavy atom. The molecule has 182 valence electrons. The van der Waals surface area contributed by atoms with Gasteiger partial charge in [0.15, 0.2) is 0 Å². The molecule has 3 rings (SSSR count). The number of aryl methyl sites for hydroxylation is 2. The van der Waals surface area contributed by atoms with Crippen LogP contribution in [0.4, 0.5) is 13.2 Å². The predicted molar refractivity (Wildman–Crippen MR) is 120 cm³/mol. The van der Waals surface area contributed by atoms with E-state index in [1.165, 1.54) is 54.8 Å². The van der Waals surface area contributed by atoms with Gasteiger partial charge in [0, 0.05) is 17.5 Å². The van der Waals surface area contributed by atoms with E-state index in [4.69, 9.17) is 0 Å². The molecule has 0 unspecified atom stereocenters. The van der Waals surface area contributed by atoms with Crippen molar-refractivity contribution < 1.29 is 35.9 Å². The summed E-state index contributed by atoms with van der Waals surface area (Å²) in [6, 6.07) is 9.65. The zero-order chi connectivity index (χ0) is 24.9. The van der Waals surface area contributed by atoms with Crippen molar-refractivity contribution in [1.82, 2.24) is 9.71 Å². The van der Waals surface area contributed by atoms with Crippen molar-refractivity contribution in [1.29, 1.82) is 0 Å². The molecule has 0 atom stereocenters. The van der Waals surface area contributed by atoms with E-state index in [9.17, 15) is 26.4 Å². The van der Waals surface area contributed by atoms with Gasteiger partial charge in [0.2, 0.25) is 10.0 Å². The summed E-state index contributed by atoms with van der Waals surface area (Å²) in [6.45, 7) is 1.84. The second kappa shape index (κ2) is 10.5. The number of benzene rings is 2. The first-order chi connectivity index (χ1) is 16.0. The van der Waals surface area contributed by atoms with E-state index in [1.807, 2.05) is 5.38 Å². The van der Waals surface area contributed by atoms with Crippen LogP contribution in [0.5, 0.6) is 5.75 Å². The van der Waals surface area contributed by atoms with Crippen molar-refractivity contribution in [2.75, 3.05) is 13.7 Å². The number of nitrogens with one attached hydrogen (secondary N) is 1. The lowest BCUT2D eigenvalue weighted by molar-refractivity contribution is -0.274. The molecule has 1 heterocycles. The average Bonchev–Trinajstić information content (AvgIpc) is 3.25. The summed E-state index contributed by atoms with van der Waals surface area (Å²) in [6.07, 6.45) is -3.79. The molecule has 1 aromatic heterocycles. The molecule has 2 aromatic carbocycles. The van der Waals surface area contributed by atoms with Gasteiger partial charge in [0.1, 0.15) is 10.8 Å². The molecular weight excluding hydrogens is 493 g/mol. The number of hydrogen-bond acceptors (Lipinski definition) is 7. The largest absolute Gasteiger partial charge is 0.573 e. The van der Waals surface area contributed by atoms with Gasteiger partial charge in [-0.3, -0.25) is 0 Å². The fourth-order valence-corrected chi connectivity index (χ4v) is 4.97. The number of thiazole rings is 1. The molecule has 0 saturated carbocycles. The number of carbonyl (C=O) groups excluding carboxylic acids is 1. The van der Waals surface area contributed by atoms with Crippen molar-refractivity contribution in [2.45, 2.75) is 31.0 Å². The van der Waals surface area contributed by atoms with Crippen molar-refractivity contribution in [3.8, 4) is 16.3 Å². The average molecular weight is 515 g/mol. The van der Waals surface area contributed by atoms with Crippen molar-refractivity contribution in [3.63, 3.8) is 0 Å². The van der Waals surface area contributed by atoms with Gasteiger partial charge in [-0.2, -0.15) is 0 Å². The van der Waals surface area contributed by atoms with Crippen LogP contribution >= 0.6 is 11.3 Å². The molecule has 1 N–H and O–H groups in total. The molecule has 0 aliphatic rings. The minimum atomic E-state index is -4.75. The molecular formula is C22H21F3N2O5S2. The Bertz CT molecular complexity index is 1260. The minimum Gasteiger partial charge on any atom is -0.465 e. The maximum atomic E-state index is 12.6. The Labute approximate surface area is 198 Å². The second-order valence-electron chi connectivity index (χ2n) is 7.19. The lowest BCUT2D eigenvalue weighted by Gasteiger charge is -2.09. The quantitative estimate of drug-likeness (QED) is 0.328. The third kappa shape index (κ3) is 6.78. The Kier molecular flexibility index (Phi) is 7.95. The lowest BCUT2D eigenvalue weighted by Crippen LogP contribution is -2.25. The molecule has 0 fully saturated rings. The van der Waals surface area contributed by atoms with E-state index in [0.29, 0.717) is 29.0 Å². The number of carbonyl (C=O) groups is 1. The first-order valence-electron chi connectivity index (χ1n) is 9.98. The molecule has 34 heavy (non-hydrogen) atoms. The van der Waals surface area contributed by atoms with Gasteiger partial charge in [0.05, 0.1) is 23.3 Å². The highest BCUT2D eigenvalue weighted by Gasteiger charge is 2.31. The van der Waals surface area contributed by atoms with E-state index in [1.54, 1.807) is 13.0 Å². The van der Waals surface area contributed by atoms with Crippen LogP contribution in [0.2, 0.25) is 0 Å². The number of aromatic nitrogens is 1. The molecule has 0 aliphatic heterocycles. The highest BCUT2D eigenvalue weighted by atomic mass is 32.2. The Hall–Kier alpha value is -2.96. The Morgan fingerprint density at radius 1 is 1.15 bits per heavy atom. The first-order valence-corrected chi connectivity index (χ1v) is 12.3. The number of halogens is 3. The standard InChI is InChI=1S/C22H21F3N2O5S2/c1-14-5-10-18(12-19(14)21(28)31-2)34(29,30)26-11-3-4-16-13-33-20(27-16)15-6-8-17(9-7-15)32-22(23,24)25/h5-10,12-13,26H,3-4,11H2,1-2H3. The monoisotopic (exact) mass is 514 g/mol. The van der Waals surface area contributed by atoms with E-state index in [2.05, 4.69) is 19.2 Å². The number of methoxy groups -OCH3 is 1. The predicted octanol–water partition coefficient (Wildman–Crippen LogP) is 4.71. The number of sulfonamides is 1. The van der Waals surface area contributed by atoms with Gasteiger partial charge in [0.25, 0.3) is 0 Å². The molecule has 0 aliphatic carbocycles. The topological polar surface area (TPSA) is 94.6 Å². The highest BCUT2D eigenvalue weighted by molar-refractivity contribution is 7.89. The zero-order valence-corrected chi connectivity index (χ0v) is 19.8.